The lowest BCUT2D eigenvalue weighted by atomic mass is 10.1. The molecule has 1 saturated heterocycles. The summed E-state index contributed by atoms with van der Waals surface area (Å²) in [6, 6.07) is 11.3. The Balaban J connectivity index is 1.85. The molecule has 21 heavy (non-hydrogen) atoms. The lowest BCUT2D eigenvalue weighted by Gasteiger charge is -2.19. The number of carbonyl (C=O) groups excluding carboxylic acids is 2. The van der Waals surface area contributed by atoms with Crippen LogP contribution in [0.4, 0.5) is 0 Å². The van der Waals surface area contributed by atoms with Crippen molar-refractivity contribution in [3.05, 3.63) is 36.4 Å². The minimum atomic E-state index is -0.520. The molecule has 0 aliphatic carbocycles. The number of rotatable bonds is 1. The monoisotopic (exact) mass is 280 g/mol. The van der Waals surface area contributed by atoms with Crippen LogP contribution in [-0.2, 0) is 9.59 Å². The molecule has 2 heterocycles. The molecular formula is C15H12N4O2. The Kier molecular flexibility index (Phi) is 2.50. The molecule has 0 radical (unpaired) electrons. The second-order valence-electron chi connectivity index (χ2n) is 5.14. The van der Waals surface area contributed by atoms with Crippen LogP contribution in [0.3, 0.4) is 0 Å². The van der Waals surface area contributed by atoms with Crippen molar-refractivity contribution in [2.75, 3.05) is 0 Å². The molecule has 1 unspecified atom stereocenters. The summed E-state index contributed by atoms with van der Waals surface area (Å²) in [6.45, 7) is 0. The fraction of sp³-hybridized carbons (Fsp3) is 0.200. The molecule has 2 aromatic carbocycles. The zero-order chi connectivity index (χ0) is 14.4. The van der Waals surface area contributed by atoms with Gasteiger partial charge in [-0.15, -0.1) is 0 Å². The molecule has 1 N–H and O–H groups in total. The van der Waals surface area contributed by atoms with Crippen LogP contribution in [0.15, 0.2) is 36.4 Å². The van der Waals surface area contributed by atoms with E-state index in [0.717, 1.165) is 21.8 Å². The van der Waals surface area contributed by atoms with E-state index in [4.69, 9.17) is 0 Å². The smallest absolute Gasteiger partial charge is 0.253 e. The predicted molar refractivity (Wildman–Crippen MR) is 76.5 cm³/mol. The van der Waals surface area contributed by atoms with Crippen molar-refractivity contribution >= 4 is 33.6 Å². The molecular weight excluding hydrogens is 268 g/mol. The van der Waals surface area contributed by atoms with E-state index in [0.29, 0.717) is 12.8 Å². The molecule has 0 saturated carbocycles. The summed E-state index contributed by atoms with van der Waals surface area (Å²) < 4.78 is 0. The number of aromatic nitrogens is 3. The predicted octanol–water partition coefficient (Wildman–Crippen LogP) is 1.56. The maximum atomic E-state index is 11.9. The van der Waals surface area contributed by atoms with Crippen molar-refractivity contribution in [2.24, 2.45) is 0 Å². The lowest BCUT2D eigenvalue weighted by molar-refractivity contribution is -0.136. The van der Waals surface area contributed by atoms with Crippen molar-refractivity contribution in [2.45, 2.75) is 18.9 Å². The van der Waals surface area contributed by atoms with Gasteiger partial charge in [-0.2, -0.15) is 15.0 Å². The van der Waals surface area contributed by atoms with Gasteiger partial charge >= 0.3 is 0 Å². The first kappa shape index (κ1) is 12.0. The van der Waals surface area contributed by atoms with Gasteiger partial charge in [0.1, 0.15) is 11.0 Å². The highest BCUT2D eigenvalue weighted by Crippen LogP contribution is 2.24. The number of hydrogen-bond acceptors (Lipinski definition) is 4. The molecule has 6 nitrogen and oxygen atoms in total. The third-order valence-corrected chi connectivity index (χ3v) is 3.78. The molecule has 1 aromatic heterocycles. The van der Waals surface area contributed by atoms with Crippen LogP contribution >= 0.6 is 0 Å². The van der Waals surface area contributed by atoms with Gasteiger partial charge in [0.15, 0.2) is 6.04 Å². The number of benzene rings is 2. The van der Waals surface area contributed by atoms with Crippen LogP contribution in [0.5, 0.6) is 0 Å². The second kappa shape index (κ2) is 4.37. The Morgan fingerprint density at radius 3 is 2.81 bits per heavy atom. The zero-order valence-corrected chi connectivity index (χ0v) is 11.1. The number of imide groups is 1. The number of nitrogens with zero attached hydrogens (tertiary/aromatic N) is 3. The normalized spacial score (nSPS) is 19.1. The van der Waals surface area contributed by atoms with Crippen LogP contribution in [0.1, 0.15) is 18.9 Å². The van der Waals surface area contributed by atoms with Crippen LogP contribution < -0.4 is 5.32 Å². The van der Waals surface area contributed by atoms with Gasteiger partial charge in [-0.1, -0.05) is 30.3 Å². The van der Waals surface area contributed by atoms with Crippen molar-refractivity contribution in [1.82, 2.24) is 20.3 Å². The van der Waals surface area contributed by atoms with Crippen molar-refractivity contribution in [3.63, 3.8) is 0 Å². The first-order chi connectivity index (χ1) is 10.2. The van der Waals surface area contributed by atoms with Gasteiger partial charge in [0.25, 0.3) is 5.91 Å². The Morgan fingerprint density at radius 2 is 1.95 bits per heavy atom. The topological polar surface area (TPSA) is 76.9 Å². The average Bonchev–Trinajstić information content (AvgIpc) is 2.91. The number of piperidine rings is 1. The molecule has 3 aromatic rings. The molecule has 6 heteroatoms. The Morgan fingerprint density at radius 1 is 1.10 bits per heavy atom. The van der Waals surface area contributed by atoms with E-state index >= 15 is 0 Å². The van der Waals surface area contributed by atoms with E-state index in [9.17, 15) is 9.59 Å². The van der Waals surface area contributed by atoms with Crippen LogP contribution in [-0.4, -0.2) is 26.8 Å². The van der Waals surface area contributed by atoms with E-state index in [2.05, 4.69) is 15.5 Å². The molecule has 0 spiro atoms. The zero-order valence-electron chi connectivity index (χ0n) is 11.1. The van der Waals surface area contributed by atoms with Gasteiger partial charge in [0.2, 0.25) is 5.91 Å². The Bertz CT molecular complexity index is 884. The second-order valence-corrected chi connectivity index (χ2v) is 5.14. The highest BCUT2D eigenvalue weighted by atomic mass is 16.2. The van der Waals surface area contributed by atoms with Gasteiger partial charge in [-0.25, -0.2) is 0 Å². The minimum Gasteiger partial charge on any atom is -0.295 e. The standard InChI is InChI=1S/C15H12N4O2/c20-13-8-7-12(15(21)16-13)19-17-11-6-5-9-3-1-2-4-10(9)14(11)18-19/h1-6,12H,7-8H2,(H,16,20,21). The van der Waals surface area contributed by atoms with Crippen LogP contribution in [0.2, 0.25) is 0 Å². The van der Waals surface area contributed by atoms with E-state index in [1.54, 1.807) is 0 Å². The van der Waals surface area contributed by atoms with Gasteiger partial charge in [0, 0.05) is 11.8 Å². The first-order valence-corrected chi connectivity index (χ1v) is 6.80. The van der Waals surface area contributed by atoms with Crippen molar-refractivity contribution in [3.8, 4) is 0 Å². The van der Waals surface area contributed by atoms with Gasteiger partial charge < -0.3 is 0 Å². The SMILES string of the molecule is O=C1CCC(n2nc3ccc4ccccc4c3n2)C(=O)N1. The summed E-state index contributed by atoms with van der Waals surface area (Å²) >= 11 is 0. The summed E-state index contributed by atoms with van der Waals surface area (Å²) in [6.07, 6.45) is 0.749. The van der Waals surface area contributed by atoms with Crippen molar-refractivity contribution < 1.29 is 9.59 Å². The molecule has 1 aliphatic rings. The van der Waals surface area contributed by atoms with E-state index in [1.807, 2.05) is 36.4 Å². The van der Waals surface area contributed by atoms with Crippen LogP contribution in [0.25, 0.3) is 21.8 Å². The number of amides is 2. The molecule has 4 rings (SSSR count). The van der Waals surface area contributed by atoms with E-state index in [-0.39, 0.29) is 11.8 Å². The maximum Gasteiger partial charge on any atom is 0.253 e. The third kappa shape index (κ3) is 1.87. The van der Waals surface area contributed by atoms with Gasteiger partial charge in [-0.3, -0.25) is 14.9 Å². The average molecular weight is 280 g/mol. The van der Waals surface area contributed by atoms with Gasteiger partial charge in [-0.05, 0) is 17.9 Å². The van der Waals surface area contributed by atoms with Crippen molar-refractivity contribution in [1.29, 1.82) is 0 Å². The summed E-state index contributed by atoms with van der Waals surface area (Å²) in [5, 5.41) is 13.3. The lowest BCUT2D eigenvalue weighted by Crippen LogP contribution is -2.42. The molecule has 1 aliphatic heterocycles. The molecule has 1 fully saturated rings. The maximum absolute atomic E-state index is 11.9. The van der Waals surface area contributed by atoms with E-state index < -0.39 is 6.04 Å². The van der Waals surface area contributed by atoms with Crippen LogP contribution in [0, 0.1) is 0 Å². The Hall–Kier alpha value is -2.76. The van der Waals surface area contributed by atoms with E-state index in [1.165, 1.54) is 4.80 Å². The highest BCUT2D eigenvalue weighted by molar-refractivity contribution is 6.04. The quantitative estimate of drug-likeness (QED) is 0.686. The number of carbonyl (C=O) groups is 2. The third-order valence-electron chi connectivity index (χ3n) is 3.78. The fourth-order valence-electron chi connectivity index (χ4n) is 2.71. The molecule has 104 valence electrons. The summed E-state index contributed by atoms with van der Waals surface area (Å²) in [5.41, 5.74) is 1.52. The number of fused-ring (bicyclic) bond motifs is 3. The molecule has 2 amide bonds. The first-order valence-electron chi connectivity index (χ1n) is 6.80. The minimum absolute atomic E-state index is 0.238. The van der Waals surface area contributed by atoms with Gasteiger partial charge in [0.05, 0.1) is 0 Å². The Labute approximate surface area is 119 Å². The largest absolute Gasteiger partial charge is 0.295 e. The summed E-state index contributed by atoms with van der Waals surface area (Å²) in [4.78, 5) is 24.6. The summed E-state index contributed by atoms with van der Waals surface area (Å²) in [5.74, 6) is -0.575. The summed E-state index contributed by atoms with van der Waals surface area (Å²) in [7, 11) is 0. The number of hydrogen-bond donors (Lipinski definition) is 1. The molecule has 1 atom stereocenters. The number of nitrogens with one attached hydrogen (secondary N) is 1. The molecule has 0 bridgehead atoms. The fourth-order valence-corrected chi connectivity index (χ4v) is 2.71. The highest BCUT2D eigenvalue weighted by Gasteiger charge is 2.29.